The van der Waals surface area contributed by atoms with Crippen LogP contribution in [0.1, 0.15) is 11.1 Å². The monoisotopic (exact) mass is 612 g/mol. The van der Waals surface area contributed by atoms with Crippen molar-refractivity contribution < 1.29 is 46.4 Å². The largest absolute Gasteiger partial charge is 0.504 e. The molecule has 0 bridgehead atoms. The Morgan fingerprint density at radius 2 is 0.762 bits per heavy atom. The third kappa shape index (κ3) is 7.32. The van der Waals surface area contributed by atoms with Gasteiger partial charge >= 0.3 is 0 Å². The van der Waals surface area contributed by atoms with Crippen LogP contribution in [0, 0.1) is 0 Å². The molecule has 42 heavy (non-hydrogen) atoms. The number of hydrogen-bond donors (Lipinski definition) is 6. The summed E-state index contributed by atoms with van der Waals surface area (Å²) in [5.41, 5.74) is 0.173. The van der Waals surface area contributed by atoms with Crippen LogP contribution >= 0.6 is 0 Å². The van der Waals surface area contributed by atoms with Crippen LogP contribution in [-0.4, -0.2) is 46.4 Å². The molecule has 0 spiro atoms. The Labute approximate surface area is 238 Å². The molecule has 0 radical (unpaired) electrons. The first-order chi connectivity index (χ1) is 19.7. The number of nitrogens with zero attached hydrogens (tertiary/aromatic N) is 4. The van der Waals surface area contributed by atoms with Crippen LogP contribution in [0.2, 0.25) is 0 Å². The summed E-state index contributed by atoms with van der Waals surface area (Å²) in [6, 6.07) is 14.6. The first kappa shape index (κ1) is 29.8. The average molecular weight is 613 g/mol. The number of rotatable bonds is 8. The number of hydrogen-bond acceptors (Lipinski definition) is 12. The van der Waals surface area contributed by atoms with Gasteiger partial charge in [0.2, 0.25) is 0 Å². The summed E-state index contributed by atoms with van der Waals surface area (Å²) in [7, 11) is -9.59. The van der Waals surface area contributed by atoms with E-state index in [4.69, 9.17) is 0 Å². The van der Waals surface area contributed by atoms with E-state index in [1.807, 2.05) is 0 Å². The second-order valence-electron chi connectivity index (χ2n) is 8.47. The van der Waals surface area contributed by atoms with E-state index in [9.17, 15) is 46.4 Å². The Hall–Kier alpha value is -5.16. The number of azo groups is 2. The van der Waals surface area contributed by atoms with Crippen molar-refractivity contribution in [2.45, 2.75) is 9.79 Å². The minimum Gasteiger partial charge on any atom is -0.504 e. The second kappa shape index (κ2) is 11.8. The van der Waals surface area contributed by atoms with E-state index in [2.05, 4.69) is 20.5 Å². The molecule has 0 aromatic heterocycles. The summed E-state index contributed by atoms with van der Waals surface area (Å²) in [5, 5.41) is 53.3. The van der Waals surface area contributed by atoms with Crippen molar-refractivity contribution in [3.63, 3.8) is 0 Å². The van der Waals surface area contributed by atoms with Gasteiger partial charge in [-0.15, -0.1) is 0 Å². The Morgan fingerprint density at radius 1 is 0.452 bits per heavy atom. The molecule has 14 nitrogen and oxygen atoms in total. The van der Waals surface area contributed by atoms with Crippen LogP contribution in [0.15, 0.2) is 103 Å². The lowest BCUT2D eigenvalue weighted by Crippen LogP contribution is -2.01. The molecule has 0 aliphatic heterocycles. The van der Waals surface area contributed by atoms with Crippen molar-refractivity contribution in [3.8, 4) is 23.0 Å². The topological polar surface area (TPSA) is 239 Å². The predicted octanol–water partition coefficient (Wildman–Crippen LogP) is 6.00. The smallest absolute Gasteiger partial charge is 0.295 e. The Balaban J connectivity index is 1.66. The fourth-order valence-corrected chi connectivity index (χ4v) is 4.86. The zero-order valence-corrected chi connectivity index (χ0v) is 22.6. The maximum absolute atomic E-state index is 12.1. The molecule has 0 aliphatic carbocycles. The fraction of sp³-hybridized carbons (Fsp3) is 0. The minimum atomic E-state index is -4.79. The first-order valence-electron chi connectivity index (χ1n) is 11.5. The zero-order valence-electron chi connectivity index (χ0n) is 21.0. The lowest BCUT2D eigenvalue weighted by atomic mass is 10.1. The van der Waals surface area contributed by atoms with Crippen LogP contribution in [-0.2, 0) is 20.2 Å². The minimum absolute atomic E-state index is 0.00243. The van der Waals surface area contributed by atoms with Crippen LogP contribution < -0.4 is 0 Å². The highest BCUT2D eigenvalue weighted by Crippen LogP contribution is 2.33. The third-order valence-corrected chi connectivity index (χ3v) is 7.29. The molecule has 0 aliphatic rings. The van der Waals surface area contributed by atoms with Crippen LogP contribution in [0.4, 0.5) is 22.7 Å². The molecule has 6 N–H and O–H groups in total. The van der Waals surface area contributed by atoms with Gasteiger partial charge in [0.15, 0.2) is 23.0 Å². The lowest BCUT2D eigenvalue weighted by Gasteiger charge is -2.06. The van der Waals surface area contributed by atoms with Gasteiger partial charge in [0, 0.05) is 12.1 Å². The lowest BCUT2D eigenvalue weighted by molar-refractivity contribution is 0.404. The van der Waals surface area contributed by atoms with Crippen LogP contribution in [0.3, 0.4) is 0 Å². The molecule has 0 saturated carbocycles. The van der Waals surface area contributed by atoms with Gasteiger partial charge in [-0.2, -0.15) is 37.3 Å². The number of benzene rings is 4. The summed E-state index contributed by atoms with van der Waals surface area (Å²) in [6.07, 6.45) is 2.37. The summed E-state index contributed by atoms with van der Waals surface area (Å²) in [5.74, 6) is -1.62. The quantitative estimate of drug-likeness (QED) is 0.0586. The molecule has 0 heterocycles. The maximum atomic E-state index is 12.1. The molecular formula is C26H20N4O10S2. The van der Waals surface area contributed by atoms with Gasteiger partial charge in [-0.25, -0.2) is 0 Å². The zero-order chi connectivity index (χ0) is 30.7. The van der Waals surface area contributed by atoms with Gasteiger partial charge in [0.1, 0.15) is 9.79 Å². The molecule has 4 rings (SSSR count). The van der Waals surface area contributed by atoms with E-state index < -0.39 is 41.5 Å². The first-order valence-corrected chi connectivity index (χ1v) is 14.4. The Kier molecular flexibility index (Phi) is 8.34. The van der Waals surface area contributed by atoms with E-state index in [0.717, 1.165) is 24.3 Å². The standard InChI is InChI=1S/C26H20N4O10S2/c31-21-9-7-17(11-23(21)33)27-29-19-5-3-15(25(13-19)41(35,36)37)1-2-16-4-6-20(14-26(16)42(38,39)40)30-28-18-8-10-22(32)24(34)12-18/h1-14,31-34H,(H,35,36,37)(H,38,39,40). The Bertz CT molecular complexity index is 1850. The van der Waals surface area contributed by atoms with Crippen molar-refractivity contribution >= 4 is 55.1 Å². The van der Waals surface area contributed by atoms with Crippen molar-refractivity contribution in [3.05, 3.63) is 83.9 Å². The van der Waals surface area contributed by atoms with E-state index in [0.29, 0.717) is 0 Å². The summed E-state index contributed by atoms with van der Waals surface area (Å²) < 4.78 is 67.8. The highest BCUT2D eigenvalue weighted by molar-refractivity contribution is 7.86. The van der Waals surface area contributed by atoms with Gasteiger partial charge < -0.3 is 20.4 Å². The maximum Gasteiger partial charge on any atom is 0.295 e. The molecule has 0 fully saturated rings. The van der Waals surface area contributed by atoms with Crippen molar-refractivity contribution in [1.82, 2.24) is 0 Å². The van der Waals surface area contributed by atoms with Gasteiger partial charge in [-0.3, -0.25) is 9.11 Å². The number of phenols is 4. The predicted molar refractivity (Wildman–Crippen MR) is 149 cm³/mol. The Morgan fingerprint density at radius 3 is 1.07 bits per heavy atom. The molecular weight excluding hydrogens is 592 g/mol. The number of phenolic OH excluding ortho intramolecular Hbond substituents is 4. The van der Waals surface area contributed by atoms with Crippen LogP contribution in [0.5, 0.6) is 23.0 Å². The van der Waals surface area contributed by atoms with Crippen molar-refractivity contribution in [2.75, 3.05) is 0 Å². The van der Waals surface area contributed by atoms with Gasteiger partial charge in [0.05, 0.1) is 22.7 Å². The summed E-state index contributed by atoms with van der Waals surface area (Å²) in [6.45, 7) is 0. The van der Waals surface area contributed by atoms with Crippen molar-refractivity contribution in [1.29, 1.82) is 0 Å². The molecule has 0 unspecified atom stereocenters. The normalized spacial score (nSPS) is 12.5. The molecule has 0 atom stereocenters. The fourth-order valence-electron chi connectivity index (χ4n) is 3.45. The van der Waals surface area contributed by atoms with Crippen molar-refractivity contribution in [2.24, 2.45) is 20.5 Å². The molecule has 4 aromatic carbocycles. The molecule has 0 saturated heterocycles. The molecule has 16 heteroatoms. The van der Waals surface area contributed by atoms with E-state index in [1.54, 1.807) is 0 Å². The van der Waals surface area contributed by atoms with Gasteiger partial charge in [-0.05, 0) is 59.7 Å². The van der Waals surface area contributed by atoms with Crippen LogP contribution in [0.25, 0.3) is 12.2 Å². The molecule has 216 valence electrons. The van der Waals surface area contributed by atoms with E-state index in [1.165, 1.54) is 60.7 Å². The number of aromatic hydroxyl groups is 4. The molecule has 0 amide bonds. The second-order valence-corrected chi connectivity index (χ2v) is 11.3. The van der Waals surface area contributed by atoms with Gasteiger partial charge in [-0.1, -0.05) is 24.3 Å². The molecule has 4 aromatic rings. The highest BCUT2D eigenvalue weighted by Gasteiger charge is 2.18. The summed E-state index contributed by atoms with van der Waals surface area (Å²) >= 11 is 0. The summed E-state index contributed by atoms with van der Waals surface area (Å²) in [4.78, 5) is -1.17. The SMILES string of the molecule is O=S(=O)(O)c1cc(N=Nc2ccc(O)c(O)c2)ccc1C=Cc1ccc(N=Nc2ccc(O)c(O)c2)cc1S(=O)(=O)O. The van der Waals surface area contributed by atoms with E-state index in [-0.39, 0.29) is 45.4 Å². The average Bonchev–Trinajstić information content (AvgIpc) is 2.92. The highest BCUT2D eigenvalue weighted by atomic mass is 32.2. The third-order valence-electron chi connectivity index (χ3n) is 5.47. The van der Waals surface area contributed by atoms with E-state index >= 15 is 0 Å². The van der Waals surface area contributed by atoms with Gasteiger partial charge in [0.25, 0.3) is 20.2 Å².